The molecule has 2 saturated carbocycles. The molecule has 5 heteroatoms. The van der Waals surface area contributed by atoms with Gasteiger partial charge in [0.05, 0.1) is 5.92 Å². The van der Waals surface area contributed by atoms with Crippen molar-refractivity contribution < 1.29 is 9.59 Å². The molecule has 4 nitrogen and oxygen atoms in total. The van der Waals surface area contributed by atoms with Gasteiger partial charge < -0.3 is 10.6 Å². The van der Waals surface area contributed by atoms with Crippen LogP contribution in [-0.2, 0) is 9.59 Å². The Kier molecular flexibility index (Phi) is 5.30. The summed E-state index contributed by atoms with van der Waals surface area (Å²) in [4.78, 5) is 25.7. The van der Waals surface area contributed by atoms with Crippen LogP contribution in [-0.4, -0.2) is 18.4 Å². The molecular formula is C26H25BrN2O2. The van der Waals surface area contributed by atoms with E-state index in [1.807, 2.05) is 60.7 Å². The third-order valence-electron chi connectivity index (χ3n) is 7.14. The van der Waals surface area contributed by atoms with Crippen LogP contribution in [0.4, 0.5) is 5.69 Å². The Morgan fingerprint density at radius 3 is 2.42 bits per heavy atom. The van der Waals surface area contributed by atoms with E-state index >= 15 is 0 Å². The Morgan fingerprint density at radius 2 is 1.71 bits per heavy atom. The first-order chi connectivity index (χ1) is 15.1. The number of benzene rings is 2. The van der Waals surface area contributed by atoms with Crippen LogP contribution in [0.2, 0.25) is 0 Å². The van der Waals surface area contributed by atoms with E-state index in [0.717, 1.165) is 15.7 Å². The Hall–Kier alpha value is -2.66. The van der Waals surface area contributed by atoms with Gasteiger partial charge in [0.15, 0.2) is 0 Å². The van der Waals surface area contributed by atoms with E-state index in [-0.39, 0.29) is 35.0 Å². The molecule has 2 N–H and O–H groups in total. The van der Waals surface area contributed by atoms with Crippen molar-refractivity contribution in [1.29, 1.82) is 0 Å². The molecule has 0 unspecified atom stereocenters. The summed E-state index contributed by atoms with van der Waals surface area (Å²) in [5.74, 6) is 0.602. The average molecular weight is 477 g/mol. The third kappa shape index (κ3) is 3.87. The predicted octanol–water partition coefficient (Wildman–Crippen LogP) is 5.05. The van der Waals surface area contributed by atoms with Gasteiger partial charge in [0, 0.05) is 22.8 Å². The van der Waals surface area contributed by atoms with Crippen LogP contribution in [0.5, 0.6) is 0 Å². The largest absolute Gasteiger partial charge is 0.352 e. The van der Waals surface area contributed by atoms with E-state index in [4.69, 9.17) is 0 Å². The Labute approximate surface area is 190 Å². The van der Waals surface area contributed by atoms with Crippen molar-refractivity contribution in [2.24, 2.45) is 29.1 Å². The van der Waals surface area contributed by atoms with E-state index in [1.165, 1.54) is 12.8 Å². The van der Waals surface area contributed by atoms with Gasteiger partial charge in [0.25, 0.3) is 0 Å². The van der Waals surface area contributed by atoms with Crippen LogP contribution in [0.1, 0.15) is 18.4 Å². The summed E-state index contributed by atoms with van der Waals surface area (Å²) < 4.78 is 0.981. The second kappa shape index (κ2) is 8.12. The molecule has 2 bridgehead atoms. The standard InChI is InChI=1S/C26H25BrN2O2/c27-18-7-9-19(10-8-18)29-25(31)24-20(21-11-12-22(24)26(21)14-15-26)16-28-23(30)13-6-17-4-2-1-3-5-17/h1-13,20-22,24H,14-16H2,(H,28,30)(H,29,31)/t20-,21-,22+,24+/m1/s1. The highest BCUT2D eigenvalue weighted by atomic mass is 79.9. The number of amides is 2. The number of hydrogen-bond donors (Lipinski definition) is 2. The normalized spacial score (nSPS) is 27.0. The van der Waals surface area contributed by atoms with Gasteiger partial charge in [-0.15, -0.1) is 0 Å². The molecule has 1 spiro atoms. The van der Waals surface area contributed by atoms with Crippen LogP contribution >= 0.6 is 15.9 Å². The number of allylic oxidation sites excluding steroid dienone is 2. The fourth-order valence-corrected chi connectivity index (χ4v) is 5.84. The number of nitrogens with one attached hydrogen (secondary N) is 2. The molecule has 2 aromatic carbocycles. The van der Waals surface area contributed by atoms with Gasteiger partial charge in [-0.25, -0.2) is 0 Å². The summed E-state index contributed by atoms with van der Waals surface area (Å²) in [5.41, 5.74) is 2.04. The minimum Gasteiger partial charge on any atom is -0.352 e. The maximum Gasteiger partial charge on any atom is 0.244 e. The Morgan fingerprint density at radius 1 is 1.00 bits per heavy atom. The first-order valence-corrected chi connectivity index (χ1v) is 11.6. The molecule has 3 aliphatic rings. The lowest BCUT2D eigenvalue weighted by Gasteiger charge is -2.27. The van der Waals surface area contributed by atoms with Gasteiger partial charge >= 0.3 is 0 Å². The lowest BCUT2D eigenvalue weighted by atomic mass is 9.82. The smallest absolute Gasteiger partial charge is 0.244 e. The number of rotatable bonds is 6. The zero-order valence-electron chi connectivity index (χ0n) is 17.1. The minimum absolute atomic E-state index is 0.0597. The first kappa shape index (κ1) is 20.3. The summed E-state index contributed by atoms with van der Waals surface area (Å²) in [5, 5.41) is 6.16. The molecule has 2 aromatic rings. The summed E-state index contributed by atoms with van der Waals surface area (Å²) in [7, 11) is 0. The van der Waals surface area contributed by atoms with Crippen molar-refractivity contribution in [3.63, 3.8) is 0 Å². The highest BCUT2D eigenvalue weighted by Crippen LogP contribution is 2.71. The van der Waals surface area contributed by atoms with Crippen molar-refractivity contribution in [3.8, 4) is 0 Å². The highest BCUT2D eigenvalue weighted by molar-refractivity contribution is 9.10. The molecular weight excluding hydrogens is 452 g/mol. The number of anilines is 1. The van der Waals surface area contributed by atoms with Crippen LogP contribution < -0.4 is 10.6 Å². The molecule has 0 saturated heterocycles. The first-order valence-electron chi connectivity index (χ1n) is 10.8. The quantitative estimate of drug-likeness (QED) is 0.452. The van der Waals surface area contributed by atoms with Gasteiger partial charge in [-0.2, -0.15) is 0 Å². The van der Waals surface area contributed by atoms with Crippen LogP contribution in [0.15, 0.2) is 77.3 Å². The summed E-state index contributed by atoms with van der Waals surface area (Å²) >= 11 is 3.43. The fourth-order valence-electron chi connectivity index (χ4n) is 5.58. The molecule has 0 aliphatic heterocycles. The molecule has 0 radical (unpaired) electrons. The molecule has 4 atom stereocenters. The molecule has 3 aliphatic carbocycles. The fraction of sp³-hybridized carbons (Fsp3) is 0.308. The zero-order chi connectivity index (χ0) is 21.4. The van der Waals surface area contributed by atoms with E-state index < -0.39 is 0 Å². The minimum atomic E-state index is -0.118. The molecule has 2 amide bonds. The van der Waals surface area contributed by atoms with E-state index in [0.29, 0.717) is 12.5 Å². The van der Waals surface area contributed by atoms with E-state index in [9.17, 15) is 9.59 Å². The maximum atomic E-state index is 13.3. The average Bonchev–Trinajstić information content (AvgIpc) is 3.45. The van der Waals surface area contributed by atoms with Gasteiger partial charge in [-0.05, 0) is 71.9 Å². The summed E-state index contributed by atoms with van der Waals surface area (Å²) in [6.45, 7) is 0.518. The van der Waals surface area contributed by atoms with Gasteiger partial charge in [0.1, 0.15) is 0 Å². The van der Waals surface area contributed by atoms with Crippen LogP contribution in [0.25, 0.3) is 6.08 Å². The summed E-state index contributed by atoms with van der Waals surface area (Å²) in [6, 6.07) is 17.4. The van der Waals surface area contributed by atoms with Gasteiger partial charge in [-0.1, -0.05) is 58.4 Å². The molecule has 31 heavy (non-hydrogen) atoms. The summed E-state index contributed by atoms with van der Waals surface area (Å²) in [6.07, 6.45) is 10.3. The van der Waals surface area contributed by atoms with Gasteiger partial charge in [-0.3, -0.25) is 9.59 Å². The molecule has 2 fully saturated rings. The van der Waals surface area contributed by atoms with Crippen molar-refractivity contribution in [2.45, 2.75) is 12.8 Å². The van der Waals surface area contributed by atoms with Crippen molar-refractivity contribution >= 4 is 39.5 Å². The molecule has 5 rings (SSSR count). The van der Waals surface area contributed by atoms with E-state index in [1.54, 1.807) is 6.08 Å². The van der Waals surface area contributed by atoms with Crippen LogP contribution in [0, 0.1) is 29.1 Å². The molecule has 158 valence electrons. The SMILES string of the molecule is O=C(C=Cc1ccccc1)NC[C@H]1[C@H](C(=O)Nc2ccc(Br)cc2)[C@@H]2C=C[C@H]1C21CC1. The Balaban J connectivity index is 1.27. The lowest BCUT2D eigenvalue weighted by molar-refractivity contribution is -0.123. The van der Waals surface area contributed by atoms with Gasteiger partial charge in [0.2, 0.25) is 11.8 Å². The predicted molar refractivity (Wildman–Crippen MR) is 126 cm³/mol. The maximum absolute atomic E-state index is 13.3. The highest BCUT2D eigenvalue weighted by Gasteiger charge is 2.68. The Bertz CT molecular complexity index is 1040. The van der Waals surface area contributed by atoms with E-state index in [2.05, 4.69) is 38.7 Å². The zero-order valence-corrected chi connectivity index (χ0v) is 18.7. The number of carbonyl (C=O) groups excluding carboxylic acids is 2. The number of hydrogen-bond acceptors (Lipinski definition) is 2. The van der Waals surface area contributed by atoms with Crippen LogP contribution in [0.3, 0.4) is 0 Å². The monoisotopic (exact) mass is 476 g/mol. The molecule has 0 aromatic heterocycles. The van der Waals surface area contributed by atoms with Crippen molar-refractivity contribution in [1.82, 2.24) is 5.32 Å². The topological polar surface area (TPSA) is 58.2 Å². The lowest BCUT2D eigenvalue weighted by Crippen LogP contribution is -2.39. The number of carbonyl (C=O) groups is 2. The second-order valence-corrected chi connectivity index (χ2v) is 9.76. The van der Waals surface area contributed by atoms with Crippen molar-refractivity contribution in [2.75, 3.05) is 11.9 Å². The third-order valence-corrected chi connectivity index (χ3v) is 7.67. The number of halogens is 1. The molecule has 0 heterocycles. The second-order valence-electron chi connectivity index (χ2n) is 8.84. The van der Waals surface area contributed by atoms with Crippen molar-refractivity contribution in [3.05, 3.63) is 82.9 Å².